The number of rotatable bonds is 2. The molecule has 1 aliphatic rings. The largest absolute Gasteiger partial charge is 0.626 e. The third-order valence-electron chi connectivity index (χ3n) is 2.31. The Morgan fingerprint density at radius 2 is 1.89 bits per heavy atom. The van der Waals surface area contributed by atoms with E-state index in [0.717, 1.165) is 18.4 Å². The smallest absolute Gasteiger partial charge is 0.243 e. The van der Waals surface area contributed by atoms with Crippen molar-refractivity contribution in [1.29, 1.82) is 0 Å². The van der Waals surface area contributed by atoms with Crippen molar-refractivity contribution in [2.75, 3.05) is 6.73 Å². The van der Waals surface area contributed by atoms with Gasteiger partial charge in [0.1, 0.15) is 11.6 Å². The van der Waals surface area contributed by atoms with Crippen LogP contribution in [0.5, 0.6) is 0 Å². The fraction of sp³-hybridized carbons (Fsp3) is 0.111. The van der Waals surface area contributed by atoms with E-state index in [1.54, 1.807) is 0 Å². The number of nitrogens with one attached hydrogen (secondary N) is 1. The molecule has 0 saturated heterocycles. The number of hydrogen-bond donors (Lipinski definition) is 2. The summed E-state index contributed by atoms with van der Waals surface area (Å²) >= 11 is 0. The van der Waals surface area contributed by atoms with Crippen LogP contribution in [-0.2, 0) is 14.8 Å². The molecule has 98 valence electrons. The van der Waals surface area contributed by atoms with Crippen LogP contribution >= 0.6 is 0 Å². The highest BCUT2D eigenvalue weighted by Crippen LogP contribution is 2.22. The Kier molecular flexibility index (Phi) is 3.07. The lowest BCUT2D eigenvalue weighted by atomic mass is 10.1. The molecule has 3 N–H and O–H groups in total. The van der Waals surface area contributed by atoms with Gasteiger partial charge in [-0.2, -0.15) is 0 Å². The molecule has 1 aromatic carbocycles. The molecule has 1 atom stereocenters. The van der Waals surface area contributed by atoms with Crippen LogP contribution in [0, 0.1) is 16.8 Å². The monoisotopic (exact) mass is 278 g/mol. The normalized spacial score (nSPS) is 19.6. The van der Waals surface area contributed by atoms with Gasteiger partial charge in [-0.3, -0.25) is 0 Å². The van der Waals surface area contributed by atoms with Crippen LogP contribution in [0.2, 0.25) is 0 Å². The molecule has 6 nitrogen and oxygen atoms in total. The minimum Gasteiger partial charge on any atom is -0.626 e. The molecule has 1 aliphatic heterocycles. The van der Waals surface area contributed by atoms with E-state index in [0.29, 0.717) is 0 Å². The van der Waals surface area contributed by atoms with Crippen LogP contribution in [0.3, 0.4) is 0 Å². The average molecular weight is 278 g/mol. The molecule has 0 saturated carbocycles. The van der Waals surface area contributed by atoms with Crippen molar-refractivity contribution < 1.29 is 27.0 Å². The van der Waals surface area contributed by atoms with Crippen molar-refractivity contribution in [3.63, 3.8) is 0 Å². The fourth-order valence-electron chi connectivity index (χ4n) is 1.56. The van der Waals surface area contributed by atoms with Gasteiger partial charge in [-0.15, -0.1) is 0 Å². The number of ether oxygens (including phenoxy) is 1. The third kappa shape index (κ3) is 2.20. The first-order valence-corrected chi connectivity index (χ1v) is 6.22. The van der Waals surface area contributed by atoms with E-state index in [1.807, 2.05) is 0 Å². The standard InChI is InChI=1S/C9H8F2N2O4S/c10-6-1-5(8-3-17-4-13(8)14)2-7(11)9(6)18(12,15)16/h1-3,13H,4H2,(H2,12,15,16). The van der Waals surface area contributed by atoms with Crippen LogP contribution in [0.15, 0.2) is 23.3 Å². The molecule has 0 spiro atoms. The molecule has 0 amide bonds. The maximum Gasteiger partial charge on any atom is 0.243 e. The average Bonchev–Trinajstić information content (AvgIpc) is 2.60. The van der Waals surface area contributed by atoms with Crippen LogP contribution in [0.4, 0.5) is 8.78 Å². The van der Waals surface area contributed by atoms with Gasteiger partial charge in [0.2, 0.25) is 16.8 Å². The van der Waals surface area contributed by atoms with Crippen LogP contribution in [0.1, 0.15) is 5.56 Å². The van der Waals surface area contributed by atoms with Gasteiger partial charge in [-0.1, -0.05) is 0 Å². The molecule has 0 aliphatic carbocycles. The molecule has 2 rings (SSSR count). The molecule has 0 bridgehead atoms. The van der Waals surface area contributed by atoms with Crippen molar-refractivity contribution in [2.24, 2.45) is 5.14 Å². The maximum absolute atomic E-state index is 13.5. The number of nitrogens with two attached hydrogens (primary N) is 1. The second-order valence-electron chi connectivity index (χ2n) is 3.58. The summed E-state index contributed by atoms with van der Waals surface area (Å²) in [6.07, 6.45) is 1.06. The molecule has 0 aromatic heterocycles. The number of halogens is 2. The first kappa shape index (κ1) is 12.9. The second kappa shape index (κ2) is 4.28. The van der Waals surface area contributed by atoms with Gasteiger partial charge in [0.15, 0.2) is 16.9 Å². The van der Waals surface area contributed by atoms with Gasteiger partial charge >= 0.3 is 0 Å². The summed E-state index contributed by atoms with van der Waals surface area (Å²) in [5, 5.41) is 15.5. The minimum absolute atomic E-state index is 0.0197. The van der Waals surface area contributed by atoms with Gasteiger partial charge in [0.05, 0.1) is 0 Å². The molecule has 0 radical (unpaired) electrons. The van der Waals surface area contributed by atoms with Gasteiger partial charge in [-0.05, 0) is 12.1 Å². The maximum atomic E-state index is 13.5. The lowest BCUT2D eigenvalue weighted by Gasteiger charge is -2.16. The number of hydrogen-bond acceptors (Lipinski definition) is 4. The van der Waals surface area contributed by atoms with Gasteiger partial charge in [-0.25, -0.2) is 22.3 Å². The summed E-state index contributed by atoms with van der Waals surface area (Å²) < 4.78 is 53.6. The lowest BCUT2D eigenvalue weighted by molar-refractivity contribution is -0.781. The van der Waals surface area contributed by atoms with Crippen molar-refractivity contribution in [3.8, 4) is 0 Å². The number of quaternary nitrogens is 1. The zero-order valence-electron chi connectivity index (χ0n) is 8.81. The van der Waals surface area contributed by atoms with Crippen molar-refractivity contribution in [1.82, 2.24) is 0 Å². The number of benzene rings is 1. The van der Waals surface area contributed by atoms with E-state index in [2.05, 4.69) is 5.14 Å². The highest BCUT2D eigenvalue weighted by molar-refractivity contribution is 7.89. The van der Waals surface area contributed by atoms with E-state index in [4.69, 9.17) is 4.74 Å². The Morgan fingerprint density at radius 3 is 2.28 bits per heavy atom. The van der Waals surface area contributed by atoms with E-state index >= 15 is 0 Å². The summed E-state index contributed by atoms with van der Waals surface area (Å²) in [6.45, 7) is -0.213. The van der Waals surface area contributed by atoms with Crippen molar-refractivity contribution >= 4 is 15.7 Å². The number of primary sulfonamides is 1. The summed E-state index contributed by atoms with van der Waals surface area (Å²) in [7, 11) is -4.50. The van der Waals surface area contributed by atoms with Crippen molar-refractivity contribution in [3.05, 3.63) is 40.8 Å². The number of hydroxylamine groups is 2. The Hall–Kier alpha value is -1.55. The highest BCUT2D eigenvalue weighted by Gasteiger charge is 2.25. The highest BCUT2D eigenvalue weighted by atomic mass is 32.2. The molecular weight excluding hydrogens is 270 g/mol. The fourth-order valence-corrected chi connectivity index (χ4v) is 2.22. The molecule has 0 fully saturated rings. The quantitative estimate of drug-likeness (QED) is 0.698. The molecular formula is C9H8F2N2O4S. The van der Waals surface area contributed by atoms with Gasteiger partial charge in [0.25, 0.3) is 0 Å². The minimum atomic E-state index is -4.50. The Labute approximate surface area is 101 Å². The molecule has 18 heavy (non-hydrogen) atoms. The molecule has 1 aromatic rings. The first-order valence-electron chi connectivity index (χ1n) is 4.68. The summed E-state index contributed by atoms with van der Waals surface area (Å²) in [4.78, 5) is -1.22. The third-order valence-corrected chi connectivity index (χ3v) is 3.27. The topological polar surface area (TPSA) is 96.9 Å². The van der Waals surface area contributed by atoms with Crippen LogP contribution < -0.4 is 10.2 Å². The van der Waals surface area contributed by atoms with Crippen LogP contribution in [-0.4, -0.2) is 15.1 Å². The summed E-state index contributed by atoms with van der Waals surface area (Å²) in [5.41, 5.74) is -0.117. The van der Waals surface area contributed by atoms with E-state index in [1.165, 1.54) is 0 Å². The van der Waals surface area contributed by atoms with E-state index in [-0.39, 0.29) is 18.0 Å². The zero-order valence-corrected chi connectivity index (χ0v) is 9.63. The van der Waals surface area contributed by atoms with Crippen molar-refractivity contribution in [2.45, 2.75) is 4.90 Å². The van der Waals surface area contributed by atoms with Gasteiger partial charge < -0.3 is 15.0 Å². The van der Waals surface area contributed by atoms with Gasteiger partial charge in [0, 0.05) is 5.56 Å². The van der Waals surface area contributed by atoms with E-state index in [9.17, 15) is 22.4 Å². The molecule has 1 unspecified atom stereocenters. The number of sulfonamides is 1. The molecule has 1 heterocycles. The SMILES string of the molecule is NS(=O)(=O)c1c(F)cc(C2=COC[NH+]2[O-])cc1F. The second-order valence-corrected chi connectivity index (χ2v) is 5.08. The first-order chi connectivity index (χ1) is 8.30. The Bertz CT molecular complexity index is 606. The lowest BCUT2D eigenvalue weighted by Crippen LogP contribution is -3.03. The van der Waals surface area contributed by atoms with E-state index < -0.39 is 31.6 Å². The molecule has 9 heteroatoms. The zero-order chi connectivity index (χ0) is 13.5. The van der Waals surface area contributed by atoms with Crippen LogP contribution in [0.25, 0.3) is 5.70 Å². The Balaban J connectivity index is 2.57. The Morgan fingerprint density at radius 1 is 1.33 bits per heavy atom. The predicted octanol–water partition coefficient (Wildman–Crippen LogP) is -0.719. The summed E-state index contributed by atoms with van der Waals surface area (Å²) in [6, 6.07) is 1.45. The summed E-state index contributed by atoms with van der Waals surface area (Å²) in [5.74, 6) is -2.71. The predicted molar refractivity (Wildman–Crippen MR) is 56.0 cm³/mol.